The minimum atomic E-state index is 0.0132. The number of carbonyl (C=O) groups excluding carboxylic acids is 1. The molecule has 1 N–H and O–H groups in total. The summed E-state index contributed by atoms with van der Waals surface area (Å²) in [4.78, 5) is 14.8. The Morgan fingerprint density at radius 3 is 2.26 bits per heavy atom. The zero-order valence-corrected chi connectivity index (χ0v) is 14.8. The third-order valence-corrected chi connectivity index (χ3v) is 4.60. The van der Waals surface area contributed by atoms with Gasteiger partial charge in [-0.3, -0.25) is 9.69 Å². The summed E-state index contributed by atoms with van der Waals surface area (Å²) in [6.07, 6.45) is 0. The maximum atomic E-state index is 12.4. The quantitative estimate of drug-likeness (QED) is 0.877. The number of nitrogens with zero attached hydrogens (tertiary/aromatic N) is 1. The van der Waals surface area contributed by atoms with E-state index in [2.05, 4.69) is 37.9 Å². The van der Waals surface area contributed by atoms with Gasteiger partial charge in [0.2, 0.25) is 0 Å². The molecule has 0 aromatic heterocycles. The molecule has 0 spiro atoms. The Labute approximate surface area is 140 Å². The molecule has 23 heavy (non-hydrogen) atoms. The number of carbonyl (C=O) groups is 1. The van der Waals surface area contributed by atoms with Crippen molar-refractivity contribution in [3.63, 3.8) is 0 Å². The summed E-state index contributed by atoms with van der Waals surface area (Å²) < 4.78 is 5.43. The number of hydrogen-bond acceptors (Lipinski definition) is 3. The Morgan fingerprint density at radius 1 is 1.13 bits per heavy atom. The molecule has 0 unspecified atom stereocenters. The fraction of sp³-hybridized carbons (Fsp3) is 0.632. The van der Waals surface area contributed by atoms with Crippen molar-refractivity contribution in [1.29, 1.82) is 0 Å². The molecule has 1 aromatic carbocycles. The normalized spacial score (nSPS) is 17.5. The summed E-state index contributed by atoms with van der Waals surface area (Å²) in [5, 5.41) is 3.10. The highest BCUT2D eigenvalue weighted by atomic mass is 16.5. The van der Waals surface area contributed by atoms with Gasteiger partial charge in [-0.2, -0.15) is 0 Å². The Hall–Kier alpha value is -1.39. The Bertz CT molecular complexity index is 491. The van der Waals surface area contributed by atoms with Crippen LogP contribution in [0.3, 0.4) is 0 Å². The van der Waals surface area contributed by atoms with Gasteiger partial charge in [0.05, 0.1) is 13.2 Å². The van der Waals surface area contributed by atoms with Crippen LogP contribution in [0.4, 0.5) is 0 Å². The number of amides is 1. The first kappa shape index (κ1) is 18.0. The van der Waals surface area contributed by atoms with Crippen molar-refractivity contribution >= 4 is 5.91 Å². The molecule has 128 valence electrons. The highest BCUT2D eigenvalue weighted by Crippen LogP contribution is 2.15. The topological polar surface area (TPSA) is 41.6 Å². The van der Waals surface area contributed by atoms with Crippen LogP contribution in [0.25, 0.3) is 0 Å². The number of benzene rings is 1. The molecule has 1 aromatic rings. The van der Waals surface area contributed by atoms with E-state index >= 15 is 0 Å². The number of morpholine rings is 1. The van der Waals surface area contributed by atoms with Crippen molar-refractivity contribution in [3.8, 4) is 0 Å². The molecule has 0 radical (unpaired) electrons. The van der Waals surface area contributed by atoms with Gasteiger partial charge < -0.3 is 10.1 Å². The van der Waals surface area contributed by atoms with E-state index in [0.29, 0.717) is 24.4 Å². The van der Waals surface area contributed by atoms with Gasteiger partial charge in [0, 0.05) is 31.2 Å². The lowest BCUT2D eigenvalue weighted by Gasteiger charge is -2.36. The van der Waals surface area contributed by atoms with Gasteiger partial charge in [-0.05, 0) is 29.5 Å². The van der Waals surface area contributed by atoms with E-state index in [-0.39, 0.29) is 5.91 Å². The van der Waals surface area contributed by atoms with Gasteiger partial charge in [-0.15, -0.1) is 0 Å². The monoisotopic (exact) mass is 318 g/mol. The van der Waals surface area contributed by atoms with Crippen molar-refractivity contribution < 1.29 is 9.53 Å². The summed E-state index contributed by atoms with van der Waals surface area (Å²) in [6, 6.07) is 8.29. The van der Waals surface area contributed by atoms with Crippen molar-refractivity contribution in [2.45, 2.75) is 39.7 Å². The molecule has 1 heterocycles. The second-order valence-electron chi connectivity index (χ2n) is 6.95. The summed E-state index contributed by atoms with van der Waals surface area (Å²) in [6.45, 7) is 12.9. The van der Waals surface area contributed by atoms with Crippen LogP contribution in [-0.4, -0.2) is 49.7 Å². The molecule has 1 fully saturated rings. The Morgan fingerprint density at radius 2 is 1.74 bits per heavy atom. The zero-order chi connectivity index (χ0) is 16.8. The fourth-order valence-corrected chi connectivity index (χ4v) is 3.01. The fourth-order valence-electron chi connectivity index (χ4n) is 3.01. The van der Waals surface area contributed by atoms with E-state index < -0.39 is 0 Å². The summed E-state index contributed by atoms with van der Waals surface area (Å²) in [7, 11) is 0. The third kappa shape index (κ3) is 5.05. The molecule has 1 aliphatic rings. The Kier molecular flexibility index (Phi) is 6.60. The van der Waals surface area contributed by atoms with E-state index in [9.17, 15) is 4.79 Å². The van der Waals surface area contributed by atoms with Crippen LogP contribution >= 0.6 is 0 Å². The second-order valence-corrected chi connectivity index (χ2v) is 6.95. The summed E-state index contributed by atoms with van der Waals surface area (Å²) in [5.74, 6) is 0.995. The number of hydrogen-bond donors (Lipinski definition) is 1. The van der Waals surface area contributed by atoms with Gasteiger partial charge >= 0.3 is 0 Å². The molecule has 4 heteroatoms. The standard InChI is InChI=1S/C19H30N2O2/c1-14(2)16-5-7-17(8-6-16)19(22)20-13-18(15(3)4)21-9-11-23-12-10-21/h5-8,14-15,18H,9-13H2,1-4H3,(H,20,22)/t18-/m1/s1. The van der Waals surface area contributed by atoms with E-state index in [1.807, 2.05) is 24.3 Å². The zero-order valence-electron chi connectivity index (χ0n) is 14.8. The van der Waals surface area contributed by atoms with E-state index in [4.69, 9.17) is 4.74 Å². The number of rotatable bonds is 6. The summed E-state index contributed by atoms with van der Waals surface area (Å²) >= 11 is 0. The minimum absolute atomic E-state index is 0.0132. The minimum Gasteiger partial charge on any atom is -0.379 e. The Balaban J connectivity index is 1.92. The molecule has 1 amide bonds. The SMILES string of the molecule is CC(C)c1ccc(C(=O)NC[C@H](C(C)C)N2CCOCC2)cc1. The van der Waals surface area contributed by atoms with E-state index in [0.717, 1.165) is 31.9 Å². The van der Waals surface area contributed by atoms with Crippen LogP contribution < -0.4 is 5.32 Å². The van der Waals surface area contributed by atoms with Gasteiger partial charge in [-0.1, -0.05) is 39.8 Å². The number of ether oxygens (including phenoxy) is 1. The number of nitrogens with one attached hydrogen (secondary N) is 1. The lowest BCUT2D eigenvalue weighted by Crippen LogP contribution is -2.51. The largest absolute Gasteiger partial charge is 0.379 e. The predicted molar refractivity (Wildman–Crippen MR) is 93.9 cm³/mol. The lowest BCUT2D eigenvalue weighted by molar-refractivity contribution is 0.00673. The molecule has 0 aliphatic carbocycles. The van der Waals surface area contributed by atoms with Crippen LogP contribution in [0.15, 0.2) is 24.3 Å². The molecule has 0 bridgehead atoms. The van der Waals surface area contributed by atoms with Gasteiger partial charge in [0.25, 0.3) is 5.91 Å². The molecule has 2 rings (SSSR count). The highest BCUT2D eigenvalue weighted by molar-refractivity contribution is 5.94. The first-order chi connectivity index (χ1) is 11.0. The summed E-state index contributed by atoms with van der Waals surface area (Å²) in [5.41, 5.74) is 1.99. The molecule has 1 atom stereocenters. The molecular weight excluding hydrogens is 288 g/mol. The first-order valence-corrected chi connectivity index (χ1v) is 8.69. The van der Waals surface area contributed by atoms with Gasteiger partial charge in [-0.25, -0.2) is 0 Å². The maximum absolute atomic E-state index is 12.4. The van der Waals surface area contributed by atoms with Crippen molar-refractivity contribution in [3.05, 3.63) is 35.4 Å². The third-order valence-electron chi connectivity index (χ3n) is 4.60. The van der Waals surface area contributed by atoms with Crippen LogP contribution in [0.2, 0.25) is 0 Å². The van der Waals surface area contributed by atoms with Crippen molar-refractivity contribution in [2.24, 2.45) is 5.92 Å². The maximum Gasteiger partial charge on any atom is 0.251 e. The van der Waals surface area contributed by atoms with Crippen LogP contribution in [-0.2, 0) is 4.74 Å². The second kappa shape index (κ2) is 8.46. The molecule has 1 aliphatic heterocycles. The average Bonchev–Trinajstić information content (AvgIpc) is 2.55. The molecule has 1 saturated heterocycles. The lowest BCUT2D eigenvalue weighted by atomic mass is 10.0. The molecular formula is C19H30N2O2. The first-order valence-electron chi connectivity index (χ1n) is 8.69. The van der Waals surface area contributed by atoms with E-state index in [1.165, 1.54) is 5.56 Å². The van der Waals surface area contributed by atoms with Crippen molar-refractivity contribution in [2.75, 3.05) is 32.8 Å². The van der Waals surface area contributed by atoms with Crippen LogP contribution in [0.5, 0.6) is 0 Å². The van der Waals surface area contributed by atoms with Gasteiger partial charge in [0.1, 0.15) is 0 Å². The van der Waals surface area contributed by atoms with Crippen molar-refractivity contribution in [1.82, 2.24) is 10.2 Å². The average molecular weight is 318 g/mol. The molecule has 4 nitrogen and oxygen atoms in total. The van der Waals surface area contributed by atoms with Crippen LogP contribution in [0, 0.1) is 5.92 Å². The van der Waals surface area contributed by atoms with Crippen LogP contribution in [0.1, 0.15) is 49.5 Å². The smallest absolute Gasteiger partial charge is 0.251 e. The van der Waals surface area contributed by atoms with E-state index in [1.54, 1.807) is 0 Å². The van der Waals surface area contributed by atoms with Gasteiger partial charge in [0.15, 0.2) is 0 Å². The highest BCUT2D eigenvalue weighted by Gasteiger charge is 2.24. The predicted octanol–water partition coefficient (Wildman–Crippen LogP) is 2.90. The molecule has 0 saturated carbocycles.